The van der Waals surface area contributed by atoms with Gasteiger partial charge in [0.2, 0.25) is 11.8 Å². The van der Waals surface area contributed by atoms with Gasteiger partial charge in [0.1, 0.15) is 0 Å². The lowest BCUT2D eigenvalue weighted by Gasteiger charge is -2.19. The highest BCUT2D eigenvalue weighted by atomic mass is 127. The first-order valence-corrected chi connectivity index (χ1v) is 10.0. The van der Waals surface area contributed by atoms with Crippen molar-refractivity contribution < 1.29 is 38.9 Å². The quantitative estimate of drug-likeness (QED) is 0.198. The first-order chi connectivity index (χ1) is 12.4. The summed E-state index contributed by atoms with van der Waals surface area (Å²) < 4.78 is 5.43. The van der Waals surface area contributed by atoms with Crippen LogP contribution in [-0.2, 0) is 23.9 Å². The largest absolute Gasteiger partial charge is 0.478 e. The number of carbonyl (C=O) groups is 5. The number of esters is 1. The van der Waals surface area contributed by atoms with E-state index in [1.165, 1.54) is 13.8 Å². The summed E-state index contributed by atoms with van der Waals surface area (Å²) in [5.41, 5.74) is 0.209. The molecule has 4 N–H and O–H groups in total. The van der Waals surface area contributed by atoms with Gasteiger partial charge in [-0.2, -0.15) is 0 Å². The van der Waals surface area contributed by atoms with Crippen molar-refractivity contribution in [3.63, 3.8) is 0 Å². The van der Waals surface area contributed by atoms with Crippen LogP contribution >= 0.6 is 67.8 Å². The van der Waals surface area contributed by atoms with Crippen molar-refractivity contribution in [1.29, 1.82) is 0 Å². The molecule has 0 fully saturated rings. The molecule has 0 aliphatic heterocycles. The Morgan fingerprint density at radius 3 is 1.48 bits per heavy atom. The van der Waals surface area contributed by atoms with E-state index in [9.17, 15) is 24.0 Å². The summed E-state index contributed by atoms with van der Waals surface area (Å²) in [6.45, 7) is 2.48. The number of hydrogen-bond donors (Lipinski definition) is 4. The van der Waals surface area contributed by atoms with E-state index in [0.717, 1.165) is 0 Å². The third-order valence-corrected chi connectivity index (χ3v) is 6.03. The van der Waals surface area contributed by atoms with Gasteiger partial charge < -0.3 is 25.6 Å². The zero-order chi connectivity index (χ0) is 21.0. The lowest BCUT2D eigenvalue weighted by molar-refractivity contribution is -0.161. The topological polar surface area (TPSA) is 159 Å². The third-order valence-electron chi connectivity index (χ3n) is 2.80. The molecule has 0 atom stereocenters. The smallest absolute Gasteiger partial charge is 0.356 e. The van der Waals surface area contributed by atoms with Crippen LogP contribution in [0.4, 0.5) is 11.4 Å². The highest BCUT2D eigenvalue weighted by molar-refractivity contribution is 14.1. The summed E-state index contributed by atoms with van der Waals surface area (Å²) >= 11 is 5.35. The van der Waals surface area contributed by atoms with Gasteiger partial charge in [-0.1, -0.05) is 0 Å². The number of aliphatic carboxylic acids is 2. The first-order valence-electron chi connectivity index (χ1n) is 6.80. The molecule has 0 radical (unpaired) electrons. The molecule has 2 amide bonds. The Morgan fingerprint density at radius 2 is 1.19 bits per heavy atom. The summed E-state index contributed by atoms with van der Waals surface area (Å²) in [4.78, 5) is 57.5. The van der Waals surface area contributed by atoms with Crippen molar-refractivity contribution in [2.75, 3.05) is 10.6 Å². The van der Waals surface area contributed by atoms with Crippen molar-refractivity contribution in [2.24, 2.45) is 0 Å². The van der Waals surface area contributed by atoms with E-state index >= 15 is 0 Å². The molecule has 1 aromatic carbocycles. The number of rotatable bonds is 6. The van der Waals surface area contributed by atoms with Crippen LogP contribution in [0.1, 0.15) is 24.2 Å². The average Bonchev–Trinajstić information content (AvgIpc) is 2.52. The predicted octanol–water partition coefficient (Wildman–Crippen LogP) is 2.11. The monoisotopic (exact) mass is 716 g/mol. The summed E-state index contributed by atoms with van der Waals surface area (Å²) in [5, 5.41) is 22.8. The Balaban J connectivity index is 3.62. The first kappa shape index (κ1) is 23.8. The maximum absolute atomic E-state index is 12.5. The maximum atomic E-state index is 12.5. The molecule has 0 bridgehead atoms. The van der Waals surface area contributed by atoms with Crippen LogP contribution in [-0.4, -0.2) is 46.0 Å². The molecule has 1 aromatic rings. The summed E-state index contributed by atoms with van der Waals surface area (Å²) in [6, 6.07) is 0. The Bertz CT molecular complexity index is 798. The van der Waals surface area contributed by atoms with Gasteiger partial charge in [-0.05, 0) is 67.8 Å². The second-order valence-electron chi connectivity index (χ2n) is 4.89. The second kappa shape index (κ2) is 9.80. The summed E-state index contributed by atoms with van der Waals surface area (Å²) in [7, 11) is 0. The fourth-order valence-corrected chi connectivity index (χ4v) is 5.93. The number of amides is 2. The van der Waals surface area contributed by atoms with Crippen molar-refractivity contribution in [3.05, 3.63) is 16.3 Å². The highest BCUT2D eigenvalue weighted by Gasteiger charge is 2.34. The van der Waals surface area contributed by atoms with Crippen LogP contribution < -0.4 is 10.6 Å². The number of nitrogens with one attached hydrogen (secondary N) is 2. The van der Waals surface area contributed by atoms with E-state index in [2.05, 4.69) is 15.4 Å². The van der Waals surface area contributed by atoms with E-state index in [1.54, 1.807) is 45.2 Å². The number of hydrogen-bond acceptors (Lipinski definition) is 6. The molecule has 0 saturated heterocycles. The second-order valence-corrected chi connectivity index (χ2v) is 8.13. The van der Waals surface area contributed by atoms with Gasteiger partial charge in [0, 0.05) is 13.8 Å². The number of carboxylic acids is 2. The molecule has 10 nitrogen and oxygen atoms in total. The zero-order valence-electron chi connectivity index (χ0n) is 13.6. The molecule has 0 unspecified atom stereocenters. The fraction of sp³-hybridized carbons (Fsp3) is 0.214. The average molecular weight is 716 g/mol. The van der Waals surface area contributed by atoms with Crippen LogP contribution in [0.3, 0.4) is 0 Å². The molecule has 27 heavy (non-hydrogen) atoms. The van der Waals surface area contributed by atoms with Gasteiger partial charge in [-0.3, -0.25) is 9.59 Å². The molecule has 146 valence electrons. The van der Waals surface area contributed by atoms with Gasteiger partial charge in [0.15, 0.2) is 0 Å². The minimum Gasteiger partial charge on any atom is -0.478 e. The van der Waals surface area contributed by atoms with Crippen LogP contribution in [0, 0.1) is 10.7 Å². The van der Waals surface area contributed by atoms with E-state index < -0.39 is 35.8 Å². The zero-order valence-corrected chi connectivity index (χ0v) is 20.0. The van der Waals surface area contributed by atoms with Crippen molar-refractivity contribution in [2.45, 2.75) is 20.0 Å². The molecule has 0 spiro atoms. The van der Waals surface area contributed by atoms with Gasteiger partial charge in [0.25, 0.3) is 6.10 Å². The Hall–Kier alpha value is -1.24. The van der Waals surface area contributed by atoms with Gasteiger partial charge in [0.05, 0.1) is 27.6 Å². The minimum atomic E-state index is -2.41. The van der Waals surface area contributed by atoms with Crippen molar-refractivity contribution in [1.82, 2.24) is 0 Å². The van der Waals surface area contributed by atoms with Crippen LogP contribution in [0.2, 0.25) is 0 Å². The lowest BCUT2D eigenvalue weighted by atomic mass is 10.1. The normalized spacial score (nSPS) is 10.3. The van der Waals surface area contributed by atoms with E-state index in [-0.39, 0.29) is 24.1 Å². The Labute approximate surface area is 193 Å². The molecule has 0 aliphatic carbocycles. The third kappa shape index (κ3) is 5.87. The molecule has 0 saturated carbocycles. The molecule has 1 rings (SSSR count). The molecular formula is C14H11I3N2O8. The van der Waals surface area contributed by atoms with Crippen LogP contribution in [0.5, 0.6) is 0 Å². The summed E-state index contributed by atoms with van der Waals surface area (Å²) in [6.07, 6.45) is -2.41. The van der Waals surface area contributed by atoms with Gasteiger partial charge in [-0.15, -0.1) is 0 Å². The number of benzene rings is 1. The van der Waals surface area contributed by atoms with Crippen molar-refractivity contribution in [3.8, 4) is 0 Å². The van der Waals surface area contributed by atoms with Crippen molar-refractivity contribution >= 4 is 109 Å². The molecule has 0 aromatic heterocycles. The highest BCUT2D eigenvalue weighted by Crippen LogP contribution is 2.39. The number of halogens is 3. The van der Waals surface area contributed by atoms with Crippen LogP contribution in [0.15, 0.2) is 0 Å². The number of anilines is 2. The van der Waals surface area contributed by atoms with E-state index in [4.69, 9.17) is 10.2 Å². The van der Waals surface area contributed by atoms with Gasteiger partial charge >= 0.3 is 17.9 Å². The molecule has 0 aliphatic rings. The Morgan fingerprint density at radius 1 is 0.815 bits per heavy atom. The molecule has 0 heterocycles. The molecular weight excluding hydrogens is 705 g/mol. The minimum absolute atomic E-state index is 0.184. The predicted molar refractivity (Wildman–Crippen MR) is 118 cm³/mol. The fourth-order valence-electron chi connectivity index (χ4n) is 1.79. The maximum Gasteiger partial charge on any atom is 0.356 e. The standard InChI is InChI=1S/C14H11I3N2O8/c1-3(20)18-9-6(15)5(7(16)10(8(9)17)19-4(2)21)14(26)27-11(12(22)23)13(24)25/h11H,1-2H3,(H,18,20)(H,19,21)(H,22,23)(H,24,25). The number of carboxylic acid groups (broad SMARTS) is 2. The molecule has 13 heteroatoms. The number of ether oxygens (including phenoxy) is 1. The van der Waals surface area contributed by atoms with E-state index in [1.807, 2.05) is 22.6 Å². The Kier molecular flexibility index (Phi) is 8.64. The van der Waals surface area contributed by atoms with E-state index in [0.29, 0.717) is 3.57 Å². The summed E-state index contributed by atoms with van der Waals surface area (Å²) in [5.74, 6) is -5.83. The SMILES string of the molecule is CC(=O)Nc1c(I)c(NC(C)=O)c(I)c(C(=O)OC(C(=O)O)C(=O)O)c1I. The number of carbonyl (C=O) groups excluding carboxylic acids is 3. The van der Waals surface area contributed by atoms with Gasteiger partial charge in [-0.25, -0.2) is 14.4 Å². The lowest BCUT2D eigenvalue weighted by Crippen LogP contribution is -2.35. The van der Waals surface area contributed by atoms with Crippen LogP contribution in [0.25, 0.3) is 0 Å².